The lowest BCUT2D eigenvalue weighted by Gasteiger charge is -2.14. The lowest BCUT2D eigenvalue weighted by atomic mass is 10.1. The Kier molecular flexibility index (Phi) is 8.63. The van der Waals surface area contributed by atoms with Crippen molar-refractivity contribution in [1.82, 2.24) is 0 Å². The summed E-state index contributed by atoms with van der Waals surface area (Å²) in [4.78, 5) is 36.0. The molecule has 9 heteroatoms. The number of carbonyl (C=O) groups excluding carboxylic acids is 3. The summed E-state index contributed by atoms with van der Waals surface area (Å²) in [5.74, 6) is -1.44. The molecule has 0 unspecified atom stereocenters. The van der Waals surface area contributed by atoms with Gasteiger partial charge >= 0.3 is 11.9 Å². The van der Waals surface area contributed by atoms with Crippen LogP contribution in [0.15, 0.2) is 46.4 Å². The minimum Gasteiger partial charge on any atom is -0.493 e. The van der Waals surface area contributed by atoms with Crippen LogP contribution in [-0.2, 0) is 23.9 Å². The first-order chi connectivity index (χ1) is 14.8. The maximum absolute atomic E-state index is 12.2. The number of amides is 1. The molecule has 0 spiro atoms. The summed E-state index contributed by atoms with van der Waals surface area (Å²) in [6.07, 6.45) is 1.30. The van der Waals surface area contributed by atoms with E-state index < -0.39 is 11.9 Å². The fourth-order valence-electron chi connectivity index (χ4n) is 2.61. The van der Waals surface area contributed by atoms with Gasteiger partial charge in [0.15, 0.2) is 18.1 Å². The SMILES string of the molecule is COC(=O)C(=Cc1cc(Br)c(OCC(=O)Nc2cccc(C)c2)c(OC)c1)C(=O)OC. The fraction of sp³-hybridized carbons (Fsp3) is 0.227. The Hall–Kier alpha value is -3.33. The fourth-order valence-corrected chi connectivity index (χ4v) is 3.18. The highest BCUT2D eigenvalue weighted by molar-refractivity contribution is 9.10. The number of hydrogen-bond acceptors (Lipinski definition) is 7. The van der Waals surface area contributed by atoms with Crippen molar-refractivity contribution in [2.24, 2.45) is 0 Å². The summed E-state index contributed by atoms with van der Waals surface area (Å²) in [5, 5.41) is 2.75. The molecule has 2 aromatic rings. The van der Waals surface area contributed by atoms with Gasteiger partial charge in [0.25, 0.3) is 5.91 Å². The number of anilines is 1. The molecule has 0 radical (unpaired) electrons. The summed E-state index contributed by atoms with van der Waals surface area (Å²) in [5.41, 5.74) is 1.85. The molecule has 0 bridgehead atoms. The number of benzene rings is 2. The van der Waals surface area contributed by atoms with E-state index in [1.807, 2.05) is 25.1 Å². The van der Waals surface area contributed by atoms with Crippen molar-refractivity contribution in [2.75, 3.05) is 33.3 Å². The molecule has 0 heterocycles. The zero-order valence-electron chi connectivity index (χ0n) is 17.5. The van der Waals surface area contributed by atoms with E-state index in [-0.39, 0.29) is 29.6 Å². The average Bonchev–Trinajstić information content (AvgIpc) is 2.75. The molecule has 2 aromatic carbocycles. The van der Waals surface area contributed by atoms with Crippen LogP contribution in [0.3, 0.4) is 0 Å². The molecule has 0 saturated heterocycles. The van der Waals surface area contributed by atoms with Crippen molar-refractivity contribution in [3.05, 3.63) is 57.6 Å². The van der Waals surface area contributed by atoms with E-state index in [4.69, 9.17) is 9.47 Å². The van der Waals surface area contributed by atoms with E-state index in [0.717, 1.165) is 19.8 Å². The van der Waals surface area contributed by atoms with Crippen LogP contribution in [0.1, 0.15) is 11.1 Å². The predicted molar refractivity (Wildman–Crippen MR) is 118 cm³/mol. The van der Waals surface area contributed by atoms with Crippen LogP contribution in [0.5, 0.6) is 11.5 Å². The Balaban J connectivity index is 2.22. The number of esters is 2. The van der Waals surface area contributed by atoms with Gasteiger partial charge in [0.2, 0.25) is 0 Å². The maximum Gasteiger partial charge on any atom is 0.345 e. The number of ether oxygens (including phenoxy) is 4. The van der Waals surface area contributed by atoms with E-state index in [2.05, 4.69) is 30.7 Å². The molecule has 0 fully saturated rings. The molecule has 8 nitrogen and oxygen atoms in total. The van der Waals surface area contributed by atoms with Crippen molar-refractivity contribution in [1.29, 1.82) is 0 Å². The summed E-state index contributed by atoms with van der Waals surface area (Å²) >= 11 is 3.37. The molecular weight excluding hydrogens is 470 g/mol. The molecule has 0 atom stereocenters. The number of aryl methyl sites for hydroxylation is 1. The van der Waals surface area contributed by atoms with E-state index in [1.165, 1.54) is 13.2 Å². The van der Waals surface area contributed by atoms with Gasteiger partial charge in [-0.3, -0.25) is 4.79 Å². The van der Waals surface area contributed by atoms with Crippen molar-refractivity contribution >= 4 is 45.5 Å². The Labute approximate surface area is 188 Å². The average molecular weight is 492 g/mol. The number of methoxy groups -OCH3 is 3. The highest BCUT2D eigenvalue weighted by Gasteiger charge is 2.21. The zero-order valence-corrected chi connectivity index (χ0v) is 19.1. The number of carbonyl (C=O) groups is 3. The quantitative estimate of drug-likeness (QED) is 0.261. The molecular formula is C22H22BrNO7. The number of rotatable bonds is 8. The molecule has 0 aromatic heterocycles. The first kappa shape index (κ1) is 23.9. The lowest BCUT2D eigenvalue weighted by molar-refractivity contribution is -0.143. The first-order valence-corrected chi connectivity index (χ1v) is 9.83. The van der Waals surface area contributed by atoms with Crippen molar-refractivity contribution < 1.29 is 33.3 Å². The maximum atomic E-state index is 12.2. The van der Waals surface area contributed by atoms with Crippen molar-refractivity contribution in [3.8, 4) is 11.5 Å². The summed E-state index contributed by atoms with van der Waals surface area (Å²) < 4.78 is 20.7. The summed E-state index contributed by atoms with van der Waals surface area (Å²) in [6, 6.07) is 10.5. The van der Waals surface area contributed by atoms with Crippen LogP contribution < -0.4 is 14.8 Å². The Morgan fingerprint density at radius 1 is 1.03 bits per heavy atom. The van der Waals surface area contributed by atoms with Gasteiger partial charge < -0.3 is 24.3 Å². The molecule has 0 aliphatic heterocycles. The van der Waals surface area contributed by atoms with Gasteiger partial charge in [-0.05, 0) is 64.3 Å². The molecule has 0 saturated carbocycles. The van der Waals surface area contributed by atoms with Crippen LogP contribution in [0.25, 0.3) is 6.08 Å². The van der Waals surface area contributed by atoms with Crippen LogP contribution in [-0.4, -0.2) is 45.8 Å². The third kappa shape index (κ3) is 6.58. The van der Waals surface area contributed by atoms with Crippen LogP contribution in [0.2, 0.25) is 0 Å². The molecule has 1 N–H and O–H groups in total. The van der Waals surface area contributed by atoms with Gasteiger partial charge in [0, 0.05) is 5.69 Å². The van der Waals surface area contributed by atoms with Gasteiger partial charge in [0.05, 0.1) is 25.8 Å². The normalized spacial score (nSPS) is 9.97. The Bertz CT molecular complexity index is 999. The lowest BCUT2D eigenvalue weighted by Crippen LogP contribution is -2.20. The molecule has 0 aliphatic carbocycles. The third-order valence-electron chi connectivity index (χ3n) is 4.02. The largest absolute Gasteiger partial charge is 0.493 e. The highest BCUT2D eigenvalue weighted by Crippen LogP contribution is 2.37. The summed E-state index contributed by atoms with van der Waals surface area (Å²) in [7, 11) is 3.75. The Morgan fingerprint density at radius 3 is 2.29 bits per heavy atom. The number of halogens is 1. The minimum atomic E-state index is -0.838. The third-order valence-corrected chi connectivity index (χ3v) is 4.61. The smallest absolute Gasteiger partial charge is 0.345 e. The van der Waals surface area contributed by atoms with E-state index in [1.54, 1.807) is 18.2 Å². The number of hydrogen-bond donors (Lipinski definition) is 1. The van der Waals surface area contributed by atoms with Crippen LogP contribution in [0.4, 0.5) is 5.69 Å². The van der Waals surface area contributed by atoms with Gasteiger partial charge in [0.1, 0.15) is 5.57 Å². The van der Waals surface area contributed by atoms with Crippen LogP contribution >= 0.6 is 15.9 Å². The number of nitrogens with one attached hydrogen (secondary N) is 1. The van der Waals surface area contributed by atoms with Crippen molar-refractivity contribution in [2.45, 2.75) is 6.92 Å². The minimum absolute atomic E-state index is 0.256. The molecule has 1 amide bonds. The molecule has 0 aliphatic rings. The topological polar surface area (TPSA) is 100 Å². The van der Waals surface area contributed by atoms with E-state index >= 15 is 0 Å². The van der Waals surface area contributed by atoms with Gasteiger partial charge in [-0.1, -0.05) is 12.1 Å². The van der Waals surface area contributed by atoms with Crippen molar-refractivity contribution in [3.63, 3.8) is 0 Å². The second kappa shape index (κ2) is 11.2. The van der Waals surface area contributed by atoms with E-state index in [9.17, 15) is 14.4 Å². The Morgan fingerprint density at radius 2 is 1.71 bits per heavy atom. The molecule has 2 rings (SSSR count). The molecule has 31 heavy (non-hydrogen) atoms. The molecule has 164 valence electrons. The van der Waals surface area contributed by atoms with E-state index in [0.29, 0.717) is 15.7 Å². The van der Waals surface area contributed by atoms with Gasteiger partial charge in [-0.2, -0.15) is 0 Å². The standard InChI is InChI=1S/C22H22BrNO7/c1-13-6-5-7-15(8-13)24-19(25)12-31-20-17(23)10-14(11-18(20)28-2)9-16(21(26)29-3)22(27)30-4/h5-11H,12H2,1-4H3,(H,24,25). The van der Waals surface area contributed by atoms with Gasteiger partial charge in [-0.15, -0.1) is 0 Å². The van der Waals surface area contributed by atoms with Gasteiger partial charge in [-0.25, -0.2) is 9.59 Å². The predicted octanol–water partition coefficient (Wildman–Crippen LogP) is 3.51. The zero-order chi connectivity index (χ0) is 23.0. The van der Waals surface area contributed by atoms with Crippen LogP contribution in [0, 0.1) is 6.92 Å². The second-order valence-corrected chi connectivity index (χ2v) is 7.14. The first-order valence-electron chi connectivity index (χ1n) is 9.04. The summed E-state index contributed by atoms with van der Waals surface area (Å²) in [6.45, 7) is 1.67. The second-order valence-electron chi connectivity index (χ2n) is 6.28. The highest BCUT2D eigenvalue weighted by atomic mass is 79.9. The monoisotopic (exact) mass is 491 g/mol.